The predicted octanol–water partition coefficient (Wildman–Crippen LogP) is 5.51. The standard InChI is InChI=1S/C26H21ClN4O2/c27-20-10-16(2-1-9-28)3-7-23(20)31-14-30-22-13-29-21-6-4-17(11-19(21)26(22)31)18-5-8-24-25(12-18)33-15-32-24/h3-8,10-14H,1-2,9,15,28H2. The van der Waals surface area contributed by atoms with Gasteiger partial charge in [-0.25, -0.2) is 4.98 Å². The maximum atomic E-state index is 6.71. The highest BCUT2D eigenvalue weighted by Crippen LogP contribution is 2.37. The van der Waals surface area contributed by atoms with E-state index in [4.69, 9.17) is 26.8 Å². The Balaban J connectivity index is 1.50. The monoisotopic (exact) mass is 456 g/mol. The maximum Gasteiger partial charge on any atom is 0.231 e. The fourth-order valence-electron chi connectivity index (χ4n) is 4.34. The van der Waals surface area contributed by atoms with Crippen LogP contribution in [-0.4, -0.2) is 27.9 Å². The number of imidazole rings is 1. The van der Waals surface area contributed by atoms with Gasteiger partial charge in [0.25, 0.3) is 0 Å². The molecule has 3 heterocycles. The van der Waals surface area contributed by atoms with Crippen molar-refractivity contribution in [1.29, 1.82) is 0 Å². The summed E-state index contributed by atoms with van der Waals surface area (Å²) >= 11 is 6.71. The van der Waals surface area contributed by atoms with Crippen LogP contribution in [0.25, 0.3) is 38.8 Å². The third-order valence-corrected chi connectivity index (χ3v) is 6.32. The highest BCUT2D eigenvalue weighted by molar-refractivity contribution is 6.32. The van der Waals surface area contributed by atoms with E-state index in [2.05, 4.69) is 28.2 Å². The molecule has 0 saturated heterocycles. The van der Waals surface area contributed by atoms with Crippen LogP contribution in [0, 0.1) is 0 Å². The lowest BCUT2D eigenvalue weighted by Crippen LogP contribution is -2.01. The summed E-state index contributed by atoms with van der Waals surface area (Å²) in [6.07, 6.45) is 5.45. The van der Waals surface area contributed by atoms with Gasteiger partial charge in [-0.1, -0.05) is 29.8 Å². The van der Waals surface area contributed by atoms with E-state index in [1.165, 1.54) is 5.56 Å². The zero-order valence-corrected chi connectivity index (χ0v) is 18.5. The normalized spacial score (nSPS) is 12.7. The molecule has 2 aromatic heterocycles. The molecule has 6 rings (SSSR count). The molecular formula is C26H21ClN4O2. The Labute approximate surface area is 195 Å². The molecule has 0 fully saturated rings. The molecule has 0 atom stereocenters. The number of aromatic nitrogens is 3. The van der Waals surface area contributed by atoms with Crippen molar-refractivity contribution in [3.05, 3.63) is 77.7 Å². The summed E-state index contributed by atoms with van der Waals surface area (Å²) in [7, 11) is 0. The van der Waals surface area contributed by atoms with Gasteiger partial charge in [-0.15, -0.1) is 0 Å². The number of pyridine rings is 1. The smallest absolute Gasteiger partial charge is 0.231 e. The van der Waals surface area contributed by atoms with Gasteiger partial charge in [0.05, 0.1) is 27.9 Å². The van der Waals surface area contributed by atoms with Crippen LogP contribution in [0.5, 0.6) is 11.5 Å². The number of fused-ring (bicyclic) bond motifs is 4. The van der Waals surface area contributed by atoms with E-state index < -0.39 is 0 Å². The SMILES string of the molecule is NCCCc1ccc(-n2cnc3cnc4ccc(-c5ccc6c(c5)OCO6)cc4c32)c(Cl)c1. The molecule has 0 bridgehead atoms. The number of nitrogens with zero attached hydrogens (tertiary/aromatic N) is 3. The molecule has 6 nitrogen and oxygen atoms in total. The molecule has 0 saturated carbocycles. The van der Waals surface area contributed by atoms with Gasteiger partial charge in [-0.3, -0.25) is 9.55 Å². The number of benzene rings is 3. The summed E-state index contributed by atoms with van der Waals surface area (Å²) in [5, 5.41) is 1.68. The molecule has 164 valence electrons. The Bertz CT molecular complexity index is 1510. The van der Waals surface area contributed by atoms with E-state index in [-0.39, 0.29) is 6.79 Å². The van der Waals surface area contributed by atoms with E-state index in [9.17, 15) is 0 Å². The Morgan fingerprint density at radius 1 is 0.909 bits per heavy atom. The van der Waals surface area contributed by atoms with E-state index >= 15 is 0 Å². The molecule has 0 unspecified atom stereocenters. The van der Waals surface area contributed by atoms with Gasteiger partial charge in [0, 0.05) is 5.39 Å². The van der Waals surface area contributed by atoms with Crippen molar-refractivity contribution in [2.75, 3.05) is 13.3 Å². The van der Waals surface area contributed by atoms with Crippen LogP contribution in [0.2, 0.25) is 5.02 Å². The molecule has 1 aliphatic rings. The predicted molar refractivity (Wildman–Crippen MR) is 130 cm³/mol. The van der Waals surface area contributed by atoms with E-state index in [0.717, 1.165) is 63.1 Å². The average Bonchev–Trinajstić information content (AvgIpc) is 3.49. The number of nitrogens with two attached hydrogens (primary N) is 1. The summed E-state index contributed by atoms with van der Waals surface area (Å²) < 4.78 is 13.0. The van der Waals surface area contributed by atoms with Crippen LogP contribution in [-0.2, 0) is 6.42 Å². The summed E-state index contributed by atoms with van der Waals surface area (Å²) in [6.45, 7) is 0.919. The minimum Gasteiger partial charge on any atom is -0.454 e. The Morgan fingerprint density at radius 2 is 1.76 bits per heavy atom. The maximum absolute atomic E-state index is 6.71. The van der Waals surface area contributed by atoms with Gasteiger partial charge < -0.3 is 15.2 Å². The van der Waals surface area contributed by atoms with Crippen LogP contribution in [0.4, 0.5) is 0 Å². The first-order valence-electron chi connectivity index (χ1n) is 10.9. The Hall–Kier alpha value is -3.61. The molecule has 7 heteroatoms. The second-order valence-corrected chi connectivity index (χ2v) is 8.49. The van der Waals surface area contributed by atoms with Crippen LogP contribution in [0.15, 0.2) is 67.1 Å². The Morgan fingerprint density at radius 3 is 2.64 bits per heavy atom. The minimum atomic E-state index is 0.256. The molecule has 5 aromatic rings. The zero-order chi connectivity index (χ0) is 22.4. The number of ether oxygens (including phenoxy) is 2. The molecule has 2 N–H and O–H groups in total. The van der Waals surface area contributed by atoms with Gasteiger partial charge in [0.15, 0.2) is 11.5 Å². The Kier molecular flexibility index (Phi) is 4.89. The lowest BCUT2D eigenvalue weighted by molar-refractivity contribution is 0.174. The van der Waals surface area contributed by atoms with Crippen LogP contribution in [0.1, 0.15) is 12.0 Å². The second kappa shape index (κ2) is 8.06. The first-order chi connectivity index (χ1) is 16.2. The van der Waals surface area contributed by atoms with Gasteiger partial charge in [0.2, 0.25) is 6.79 Å². The van der Waals surface area contributed by atoms with Crippen molar-refractivity contribution in [3.8, 4) is 28.3 Å². The van der Waals surface area contributed by atoms with E-state index in [1.54, 1.807) is 12.5 Å². The second-order valence-electron chi connectivity index (χ2n) is 8.08. The highest BCUT2D eigenvalue weighted by atomic mass is 35.5. The molecule has 33 heavy (non-hydrogen) atoms. The first kappa shape index (κ1) is 20.0. The lowest BCUT2D eigenvalue weighted by atomic mass is 10.0. The van der Waals surface area contributed by atoms with Crippen molar-refractivity contribution < 1.29 is 9.47 Å². The van der Waals surface area contributed by atoms with Gasteiger partial charge in [0.1, 0.15) is 11.8 Å². The van der Waals surface area contributed by atoms with Crippen molar-refractivity contribution in [2.45, 2.75) is 12.8 Å². The molecule has 1 aliphatic heterocycles. The topological polar surface area (TPSA) is 75.2 Å². The average molecular weight is 457 g/mol. The number of aryl methyl sites for hydroxylation is 1. The van der Waals surface area contributed by atoms with Crippen LogP contribution >= 0.6 is 11.6 Å². The lowest BCUT2D eigenvalue weighted by Gasteiger charge is -2.11. The van der Waals surface area contributed by atoms with Crippen molar-refractivity contribution in [1.82, 2.24) is 14.5 Å². The molecule has 0 radical (unpaired) electrons. The third-order valence-electron chi connectivity index (χ3n) is 6.02. The molecule has 3 aromatic carbocycles. The fraction of sp³-hybridized carbons (Fsp3) is 0.154. The first-order valence-corrected chi connectivity index (χ1v) is 11.2. The number of hydrogen-bond donors (Lipinski definition) is 1. The number of hydrogen-bond acceptors (Lipinski definition) is 5. The van der Waals surface area contributed by atoms with Gasteiger partial charge in [-0.2, -0.15) is 0 Å². The number of rotatable bonds is 5. The van der Waals surface area contributed by atoms with Crippen LogP contribution in [0.3, 0.4) is 0 Å². The molecular weight excluding hydrogens is 436 g/mol. The molecule has 0 aliphatic carbocycles. The third kappa shape index (κ3) is 3.48. The highest BCUT2D eigenvalue weighted by Gasteiger charge is 2.16. The van der Waals surface area contributed by atoms with E-state index in [0.29, 0.717) is 11.6 Å². The molecule has 0 spiro atoms. The zero-order valence-electron chi connectivity index (χ0n) is 17.8. The van der Waals surface area contributed by atoms with Crippen molar-refractivity contribution in [2.24, 2.45) is 5.73 Å². The summed E-state index contributed by atoms with van der Waals surface area (Å²) in [5.41, 5.74) is 12.5. The van der Waals surface area contributed by atoms with Crippen molar-refractivity contribution in [3.63, 3.8) is 0 Å². The van der Waals surface area contributed by atoms with Gasteiger partial charge in [-0.05, 0) is 72.5 Å². The summed E-state index contributed by atoms with van der Waals surface area (Å²) in [6, 6.07) is 18.4. The van der Waals surface area contributed by atoms with Crippen molar-refractivity contribution >= 4 is 33.5 Å². The summed E-state index contributed by atoms with van der Waals surface area (Å²) in [4.78, 5) is 9.21. The van der Waals surface area contributed by atoms with Gasteiger partial charge >= 0.3 is 0 Å². The number of halogens is 1. The largest absolute Gasteiger partial charge is 0.454 e. The quantitative estimate of drug-likeness (QED) is 0.377. The van der Waals surface area contributed by atoms with Crippen LogP contribution < -0.4 is 15.2 Å². The molecule has 0 amide bonds. The minimum absolute atomic E-state index is 0.256. The summed E-state index contributed by atoms with van der Waals surface area (Å²) in [5.74, 6) is 1.53. The van der Waals surface area contributed by atoms with E-state index in [1.807, 2.05) is 41.0 Å². The fourth-order valence-corrected chi connectivity index (χ4v) is 4.63.